The van der Waals surface area contributed by atoms with Gasteiger partial charge in [-0.3, -0.25) is 4.79 Å². The summed E-state index contributed by atoms with van der Waals surface area (Å²) in [5, 5.41) is 0. The Hall–Kier alpha value is -1.49. The summed E-state index contributed by atoms with van der Waals surface area (Å²) in [4.78, 5) is 13.3. The number of hydrogen-bond donors (Lipinski definition) is 1. The van der Waals surface area contributed by atoms with Gasteiger partial charge in [0.05, 0.1) is 5.69 Å². The lowest BCUT2D eigenvalue weighted by Gasteiger charge is -1.84. The van der Waals surface area contributed by atoms with Crippen molar-refractivity contribution < 1.29 is 0 Å². The lowest BCUT2D eigenvalue weighted by atomic mass is 10.4. The highest BCUT2D eigenvalue weighted by molar-refractivity contribution is 5.22. The fraction of sp³-hybridized carbons (Fsp3) is 0. The molecule has 1 N–H and O–H groups in total. The minimum Gasteiger partial charge on any atom is -0.355 e. The fourth-order valence-corrected chi connectivity index (χ4v) is 0.529. The van der Waals surface area contributed by atoms with E-state index in [-0.39, 0.29) is 5.43 Å². The molecule has 0 aromatic carbocycles. The van der Waals surface area contributed by atoms with Crippen LogP contribution in [0.1, 0.15) is 5.69 Å². The largest absolute Gasteiger partial charge is 0.355 e. The molecule has 1 heterocycles. The third kappa shape index (κ3) is 1.20. The lowest BCUT2D eigenvalue weighted by molar-refractivity contribution is 1.27. The van der Waals surface area contributed by atoms with Gasteiger partial charge in [0, 0.05) is 18.3 Å². The zero-order chi connectivity index (χ0) is 6.69. The van der Waals surface area contributed by atoms with E-state index >= 15 is 0 Å². The molecule has 0 bridgehead atoms. The number of hydrogen-bond acceptors (Lipinski definition) is 1. The van der Waals surface area contributed by atoms with Crippen LogP contribution in [0.25, 0.3) is 0 Å². The molecule has 0 aliphatic heterocycles. The van der Waals surface area contributed by atoms with Gasteiger partial charge in [-0.2, -0.15) is 0 Å². The molecule has 2 heteroatoms. The molecule has 9 heavy (non-hydrogen) atoms. The summed E-state index contributed by atoms with van der Waals surface area (Å²) in [6.07, 6.45) is 6.52. The van der Waals surface area contributed by atoms with Gasteiger partial charge in [0.25, 0.3) is 0 Å². The van der Waals surface area contributed by atoms with Crippen molar-refractivity contribution in [3.05, 3.63) is 34.2 Å². The maximum atomic E-state index is 10.5. The topological polar surface area (TPSA) is 32.9 Å². The molecule has 0 amide bonds. The highest BCUT2D eigenvalue weighted by atomic mass is 16.1. The van der Waals surface area contributed by atoms with Crippen LogP contribution in [0.3, 0.4) is 0 Å². The second-order valence-corrected chi connectivity index (χ2v) is 1.58. The van der Waals surface area contributed by atoms with Crippen molar-refractivity contribution >= 4 is 0 Å². The maximum absolute atomic E-state index is 10.5. The number of rotatable bonds is 0. The predicted octanol–water partition coefficient (Wildman–Crippen LogP) is 0.356. The highest BCUT2D eigenvalue weighted by Crippen LogP contribution is 1.81. The molecule has 0 aliphatic carbocycles. The molecule has 1 aromatic heterocycles. The Morgan fingerprint density at radius 1 is 1.67 bits per heavy atom. The Kier molecular flexibility index (Phi) is 1.37. The quantitative estimate of drug-likeness (QED) is 0.491. The van der Waals surface area contributed by atoms with Crippen molar-refractivity contribution in [3.63, 3.8) is 0 Å². The summed E-state index contributed by atoms with van der Waals surface area (Å²) in [6.45, 7) is 0. The number of aromatic amines is 1. The third-order valence-corrected chi connectivity index (χ3v) is 0.929. The number of H-pyrrole nitrogens is 1. The first-order valence-electron chi connectivity index (χ1n) is 2.48. The van der Waals surface area contributed by atoms with E-state index in [2.05, 4.69) is 10.9 Å². The van der Waals surface area contributed by atoms with Gasteiger partial charge in [0.15, 0.2) is 5.43 Å². The van der Waals surface area contributed by atoms with Crippen LogP contribution in [0.5, 0.6) is 0 Å². The van der Waals surface area contributed by atoms with E-state index in [9.17, 15) is 4.79 Å². The van der Waals surface area contributed by atoms with Crippen LogP contribution in [-0.2, 0) is 0 Å². The van der Waals surface area contributed by atoms with Crippen LogP contribution in [0, 0.1) is 12.3 Å². The second-order valence-electron chi connectivity index (χ2n) is 1.58. The van der Waals surface area contributed by atoms with Crippen molar-refractivity contribution in [1.82, 2.24) is 4.98 Å². The molecule has 1 rings (SSSR count). The fourth-order valence-electron chi connectivity index (χ4n) is 0.529. The number of nitrogens with one attached hydrogen (secondary N) is 1. The van der Waals surface area contributed by atoms with E-state index in [0.29, 0.717) is 5.69 Å². The third-order valence-electron chi connectivity index (χ3n) is 0.929. The van der Waals surface area contributed by atoms with E-state index in [0.717, 1.165) is 0 Å². The van der Waals surface area contributed by atoms with Crippen LogP contribution >= 0.6 is 0 Å². The SMILES string of the molecule is C#Cc1cc(=O)cc[nH]1. The van der Waals surface area contributed by atoms with Crippen molar-refractivity contribution in [2.45, 2.75) is 0 Å². The normalized spacial score (nSPS) is 8.33. The molecule has 0 radical (unpaired) electrons. The van der Waals surface area contributed by atoms with Crippen LogP contribution < -0.4 is 5.43 Å². The molecule has 0 unspecified atom stereocenters. The summed E-state index contributed by atoms with van der Waals surface area (Å²) in [6, 6.07) is 2.79. The minimum atomic E-state index is -0.0679. The van der Waals surface area contributed by atoms with E-state index in [1.807, 2.05) is 0 Å². The summed E-state index contributed by atoms with van der Waals surface area (Å²) in [5.41, 5.74) is 0.448. The van der Waals surface area contributed by atoms with Gasteiger partial charge in [-0.1, -0.05) is 5.92 Å². The summed E-state index contributed by atoms with van der Waals surface area (Å²) in [7, 11) is 0. The van der Waals surface area contributed by atoms with E-state index in [4.69, 9.17) is 6.42 Å². The van der Waals surface area contributed by atoms with Gasteiger partial charge in [-0.25, -0.2) is 0 Å². The summed E-state index contributed by atoms with van der Waals surface area (Å²) < 4.78 is 0. The van der Waals surface area contributed by atoms with Crippen LogP contribution in [0.2, 0.25) is 0 Å². The Labute approximate surface area is 52.5 Å². The van der Waals surface area contributed by atoms with E-state index in [1.54, 1.807) is 0 Å². The molecule has 0 spiro atoms. The molecule has 44 valence electrons. The van der Waals surface area contributed by atoms with Crippen LogP contribution in [0.15, 0.2) is 23.1 Å². The molecule has 1 aromatic rings. The molecule has 0 saturated carbocycles. The molecule has 0 saturated heterocycles. The van der Waals surface area contributed by atoms with Gasteiger partial charge in [-0.15, -0.1) is 6.42 Å². The number of aromatic nitrogens is 1. The van der Waals surface area contributed by atoms with Crippen molar-refractivity contribution in [2.75, 3.05) is 0 Å². The van der Waals surface area contributed by atoms with Crippen molar-refractivity contribution in [2.24, 2.45) is 0 Å². The zero-order valence-electron chi connectivity index (χ0n) is 4.72. The number of terminal acetylenes is 1. The Balaban J connectivity index is 3.28. The Morgan fingerprint density at radius 2 is 2.44 bits per heavy atom. The monoisotopic (exact) mass is 119 g/mol. The molecule has 0 aliphatic rings. The minimum absolute atomic E-state index is 0.0679. The van der Waals surface area contributed by atoms with Gasteiger partial charge < -0.3 is 4.98 Å². The van der Waals surface area contributed by atoms with E-state index < -0.39 is 0 Å². The van der Waals surface area contributed by atoms with E-state index in [1.165, 1.54) is 18.3 Å². The molecule has 2 nitrogen and oxygen atoms in total. The molecular weight excluding hydrogens is 114 g/mol. The zero-order valence-corrected chi connectivity index (χ0v) is 4.72. The van der Waals surface area contributed by atoms with Gasteiger partial charge in [0.1, 0.15) is 0 Å². The van der Waals surface area contributed by atoms with Crippen molar-refractivity contribution in [1.29, 1.82) is 0 Å². The predicted molar refractivity (Wildman–Crippen MR) is 35.0 cm³/mol. The van der Waals surface area contributed by atoms with Crippen LogP contribution in [-0.4, -0.2) is 4.98 Å². The molecule has 0 fully saturated rings. The van der Waals surface area contributed by atoms with Gasteiger partial charge in [0.2, 0.25) is 0 Å². The molecular formula is C7H5NO. The Morgan fingerprint density at radius 3 is 2.89 bits per heavy atom. The standard InChI is InChI=1S/C7H5NO/c1-2-6-5-7(9)3-4-8-6/h1,3-5H,(H,8,9). The average molecular weight is 119 g/mol. The lowest BCUT2D eigenvalue weighted by Crippen LogP contribution is -1.97. The Bertz CT molecular complexity index is 292. The first kappa shape index (κ1) is 5.64. The van der Waals surface area contributed by atoms with Gasteiger partial charge in [-0.05, 0) is 0 Å². The molecule has 0 atom stereocenters. The summed E-state index contributed by atoms with van der Waals surface area (Å²) in [5.74, 6) is 2.31. The maximum Gasteiger partial charge on any atom is 0.182 e. The summed E-state index contributed by atoms with van der Waals surface area (Å²) >= 11 is 0. The first-order chi connectivity index (χ1) is 4.33. The second kappa shape index (κ2) is 2.19. The average Bonchev–Trinajstić information content (AvgIpc) is 1.88. The number of pyridine rings is 1. The van der Waals surface area contributed by atoms with Gasteiger partial charge >= 0.3 is 0 Å². The van der Waals surface area contributed by atoms with Crippen molar-refractivity contribution in [3.8, 4) is 12.3 Å². The smallest absolute Gasteiger partial charge is 0.182 e. The van der Waals surface area contributed by atoms with Crippen LogP contribution in [0.4, 0.5) is 0 Å². The highest BCUT2D eigenvalue weighted by Gasteiger charge is 1.83. The first-order valence-corrected chi connectivity index (χ1v) is 2.48.